The van der Waals surface area contributed by atoms with Gasteiger partial charge in [0.05, 0.1) is 13.2 Å². The van der Waals surface area contributed by atoms with Crippen LogP contribution in [0.1, 0.15) is 29.6 Å². The van der Waals surface area contributed by atoms with Gasteiger partial charge < -0.3 is 15.0 Å². The van der Waals surface area contributed by atoms with Crippen molar-refractivity contribution >= 4 is 11.8 Å². The molecule has 0 unspecified atom stereocenters. The van der Waals surface area contributed by atoms with Gasteiger partial charge in [0.25, 0.3) is 5.91 Å². The molecule has 0 aromatic heterocycles. The predicted molar refractivity (Wildman–Crippen MR) is 82.4 cm³/mol. The summed E-state index contributed by atoms with van der Waals surface area (Å²) in [5.41, 5.74) is -0.136. The largest absolute Gasteiger partial charge is 0.381 e. The summed E-state index contributed by atoms with van der Waals surface area (Å²) < 4.78 is 31.8. The summed E-state index contributed by atoms with van der Waals surface area (Å²) in [6, 6.07) is 2.74. The van der Waals surface area contributed by atoms with Crippen molar-refractivity contribution < 1.29 is 23.1 Å². The van der Waals surface area contributed by atoms with Crippen molar-refractivity contribution in [1.29, 1.82) is 0 Å². The molecule has 0 bridgehead atoms. The summed E-state index contributed by atoms with van der Waals surface area (Å²) in [6.07, 6.45) is 2.77. The molecule has 2 amide bonds. The number of ether oxygens (including phenoxy) is 1. The van der Waals surface area contributed by atoms with Crippen molar-refractivity contribution in [3.63, 3.8) is 0 Å². The fraction of sp³-hybridized carbons (Fsp3) is 0.529. The molecule has 1 aromatic carbocycles. The molecule has 7 heteroatoms. The Balaban J connectivity index is 1.59. The molecule has 0 spiro atoms. The van der Waals surface area contributed by atoms with Crippen LogP contribution in [0.15, 0.2) is 18.2 Å². The normalized spacial score (nSPS) is 23.5. The Morgan fingerprint density at radius 3 is 2.71 bits per heavy atom. The maximum atomic E-state index is 13.2. The van der Waals surface area contributed by atoms with E-state index in [4.69, 9.17) is 4.74 Å². The van der Waals surface area contributed by atoms with Crippen LogP contribution in [0.3, 0.4) is 0 Å². The van der Waals surface area contributed by atoms with Crippen LogP contribution in [0.5, 0.6) is 0 Å². The minimum atomic E-state index is -0.826. The number of hydrogen-bond donors (Lipinski definition) is 1. The lowest BCUT2D eigenvalue weighted by molar-refractivity contribution is -0.139. The summed E-state index contributed by atoms with van der Waals surface area (Å²) in [6.45, 7) is 1.80. The molecule has 2 aliphatic rings. The van der Waals surface area contributed by atoms with Crippen molar-refractivity contribution in [1.82, 2.24) is 10.2 Å². The molecule has 24 heavy (non-hydrogen) atoms. The average molecular weight is 338 g/mol. The number of hydrogen-bond acceptors (Lipinski definition) is 3. The molecule has 0 aliphatic carbocycles. The van der Waals surface area contributed by atoms with Gasteiger partial charge >= 0.3 is 0 Å². The summed E-state index contributed by atoms with van der Waals surface area (Å²) in [5, 5.41) is 2.45. The van der Waals surface area contributed by atoms with Gasteiger partial charge in [0.15, 0.2) is 0 Å². The Morgan fingerprint density at radius 2 is 1.96 bits per heavy atom. The van der Waals surface area contributed by atoms with E-state index in [1.165, 1.54) is 0 Å². The molecule has 1 N–H and O–H groups in total. The van der Waals surface area contributed by atoms with Crippen LogP contribution in [0.4, 0.5) is 8.78 Å². The minimum absolute atomic E-state index is 0.136. The van der Waals surface area contributed by atoms with Crippen molar-refractivity contribution in [2.75, 3.05) is 26.3 Å². The maximum absolute atomic E-state index is 13.2. The fourth-order valence-electron chi connectivity index (χ4n) is 3.52. The van der Waals surface area contributed by atoms with E-state index in [1.54, 1.807) is 0 Å². The van der Waals surface area contributed by atoms with Crippen molar-refractivity contribution in [2.45, 2.75) is 25.3 Å². The number of piperidine rings is 1. The Bertz CT molecular complexity index is 616. The molecule has 2 heterocycles. The fourth-order valence-corrected chi connectivity index (χ4v) is 3.52. The van der Waals surface area contributed by atoms with Crippen molar-refractivity contribution in [3.8, 4) is 0 Å². The second-order valence-electron chi connectivity index (χ2n) is 6.26. The van der Waals surface area contributed by atoms with E-state index in [0.29, 0.717) is 31.7 Å². The van der Waals surface area contributed by atoms with Gasteiger partial charge in [-0.2, -0.15) is 0 Å². The molecule has 3 rings (SSSR count). The van der Waals surface area contributed by atoms with Gasteiger partial charge in [-0.3, -0.25) is 9.59 Å². The predicted octanol–water partition coefficient (Wildman–Crippen LogP) is 1.72. The highest BCUT2D eigenvalue weighted by Gasteiger charge is 2.36. The van der Waals surface area contributed by atoms with E-state index in [9.17, 15) is 18.4 Å². The molecule has 130 valence electrons. The summed E-state index contributed by atoms with van der Waals surface area (Å²) >= 11 is 0. The van der Waals surface area contributed by atoms with E-state index in [2.05, 4.69) is 5.32 Å². The van der Waals surface area contributed by atoms with E-state index in [-0.39, 0.29) is 24.1 Å². The third-order valence-corrected chi connectivity index (χ3v) is 4.65. The molecular formula is C17H20F2N2O3. The van der Waals surface area contributed by atoms with Gasteiger partial charge in [0.1, 0.15) is 11.6 Å². The number of nitrogens with one attached hydrogen (secondary N) is 1. The third-order valence-electron chi connectivity index (χ3n) is 4.65. The second-order valence-corrected chi connectivity index (χ2v) is 6.26. The molecule has 5 nitrogen and oxygen atoms in total. The number of amides is 2. The highest BCUT2D eigenvalue weighted by Crippen LogP contribution is 2.29. The monoisotopic (exact) mass is 338 g/mol. The third kappa shape index (κ3) is 3.72. The van der Waals surface area contributed by atoms with Gasteiger partial charge in [0, 0.05) is 36.7 Å². The van der Waals surface area contributed by atoms with Gasteiger partial charge in [-0.15, -0.1) is 0 Å². The molecule has 0 saturated carbocycles. The van der Waals surface area contributed by atoms with Crippen LogP contribution < -0.4 is 5.32 Å². The van der Waals surface area contributed by atoms with Crippen molar-refractivity contribution in [2.24, 2.45) is 5.92 Å². The van der Waals surface area contributed by atoms with E-state index in [0.717, 1.165) is 31.4 Å². The molecule has 2 fully saturated rings. The van der Waals surface area contributed by atoms with E-state index < -0.39 is 17.5 Å². The lowest BCUT2D eigenvalue weighted by Crippen LogP contribution is -2.54. The summed E-state index contributed by atoms with van der Waals surface area (Å²) in [4.78, 5) is 26.2. The first-order valence-corrected chi connectivity index (χ1v) is 8.16. The summed E-state index contributed by atoms with van der Waals surface area (Å²) in [7, 11) is 0. The number of likely N-dealkylation sites (tertiary alicyclic amines) is 1. The van der Waals surface area contributed by atoms with Crippen LogP contribution in [0.2, 0.25) is 0 Å². The number of nitrogens with zero attached hydrogens (tertiary/aromatic N) is 1. The van der Waals surface area contributed by atoms with E-state index in [1.807, 2.05) is 4.90 Å². The number of carbonyl (C=O) groups is 2. The first kappa shape index (κ1) is 16.8. The lowest BCUT2D eigenvalue weighted by Gasteiger charge is -2.43. The molecule has 2 saturated heterocycles. The highest BCUT2D eigenvalue weighted by atomic mass is 19.1. The zero-order valence-electron chi connectivity index (χ0n) is 13.3. The van der Waals surface area contributed by atoms with Crippen LogP contribution in [-0.4, -0.2) is 49.1 Å². The topological polar surface area (TPSA) is 58.6 Å². The van der Waals surface area contributed by atoms with Crippen LogP contribution in [0.25, 0.3) is 0 Å². The van der Waals surface area contributed by atoms with Crippen LogP contribution in [-0.2, 0) is 9.53 Å². The minimum Gasteiger partial charge on any atom is -0.381 e. The Hall–Kier alpha value is -2.02. The number of carbonyl (C=O) groups excluding carboxylic acids is 2. The summed E-state index contributed by atoms with van der Waals surface area (Å²) in [5.74, 6) is -2.14. The quantitative estimate of drug-likeness (QED) is 0.913. The van der Waals surface area contributed by atoms with Crippen LogP contribution >= 0.6 is 0 Å². The molecule has 2 aliphatic heterocycles. The zero-order valence-corrected chi connectivity index (χ0v) is 13.3. The zero-order chi connectivity index (χ0) is 17.1. The number of rotatable bonds is 3. The van der Waals surface area contributed by atoms with Gasteiger partial charge in [-0.05, 0) is 31.4 Å². The first-order chi connectivity index (χ1) is 11.5. The SMILES string of the molecule is O=C(NCC(=O)N1CCC[C@@H]2COCC[C@H]21)c1cc(F)cc(F)c1. The lowest BCUT2D eigenvalue weighted by atomic mass is 9.86. The molecule has 0 radical (unpaired) electrons. The average Bonchev–Trinajstić information content (AvgIpc) is 2.58. The molecular weight excluding hydrogens is 318 g/mol. The Labute approximate surface area is 139 Å². The second kappa shape index (κ2) is 7.25. The molecule has 1 aromatic rings. The molecule has 2 atom stereocenters. The maximum Gasteiger partial charge on any atom is 0.251 e. The van der Waals surface area contributed by atoms with Crippen LogP contribution in [0, 0.1) is 17.6 Å². The van der Waals surface area contributed by atoms with Gasteiger partial charge in [-0.25, -0.2) is 8.78 Å². The Morgan fingerprint density at radius 1 is 1.21 bits per heavy atom. The number of fused-ring (bicyclic) bond motifs is 1. The van der Waals surface area contributed by atoms with E-state index >= 15 is 0 Å². The standard InChI is InChI=1S/C17H20F2N2O3/c18-13-6-12(7-14(19)8-13)17(23)20-9-16(22)21-4-1-2-11-10-24-5-3-15(11)21/h6-8,11,15H,1-5,9-10H2,(H,20,23)/t11-,15-/m1/s1. The van der Waals surface area contributed by atoms with Gasteiger partial charge in [0.2, 0.25) is 5.91 Å². The number of halogens is 2. The van der Waals surface area contributed by atoms with Gasteiger partial charge in [-0.1, -0.05) is 0 Å². The smallest absolute Gasteiger partial charge is 0.251 e. The first-order valence-electron chi connectivity index (χ1n) is 8.16. The van der Waals surface area contributed by atoms with Crippen molar-refractivity contribution in [3.05, 3.63) is 35.4 Å². The highest BCUT2D eigenvalue weighted by molar-refractivity contribution is 5.96. The Kier molecular flexibility index (Phi) is 5.08. The number of benzene rings is 1.